The van der Waals surface area contributed by atoms with Crippen molar-refractivity contribution in [1.29, 1.82) is 0 Å². The maximum atomic E-state index is 2.25. The summed E-state index contributed by atoms with van der Waals surface area (Å²) < 4.78 is 0. The Morgan fingerprint density at radius 3 is 2.50 bits per heavy atom. The summed E-state index contributed by atoms with van der Waals surface area (Å²) in [6, 6.07) is 0. The lowest BCUT2D eigenvalue weighted by atomic mass is 10.2. The summed E-state index contributed by atoms with van der Waals surface area (Å²) in [5.74, 6) is 1.35. The minimum absolute atomic E-state index is 1.35. The van der Waals surface area contributed by atoms with E-state index in [9.17, 15) is 0 Å². The monoisotopic (exact) mass is 130 g/mol. The number of hydrogen-bond donors (Lipinski definition) is 0. The molecule has 0 saturated heterocycles. The summed E-state index contributed by atoms with van der Waals surface area (Å²) in [5.41, 5.74) is 0. The van der Waals surface area contributed by atoms with E-state index in [1.807, 2.05) is 11.6 Å². The van der Waals surface area contributed by atoms with E-state index in [1.54, 1.807) is 0 Å². The molecule has 0 nitrogen and oxygen atoms in total. The molecule has 0 spiro atoms. The minimum Gasteiger partial charge on any atom is -0.220 e. The molecule has 0 radical (unpaired) electrons. The van der Waals surface area contributed by atoms with Crippen molar-refractivity contribution in [3.63, 3.8) is 0 Å². The van der Waals surface area contributed by atoms with E-state index < -0.39 is 0 Å². The maximum Gasteiger partial charge on any atom is 0.173 e. The van der Waals surface area contributed by atoms with E-state index in [1.165, 1.54) is 31.4 Å². The topological polar surface area (TPSA) is 0 Å². The summed E-state index contributed by atoms with van der Waals surface area (Å²) in [5, 5.41) is 0. The zero-order valence-electron chi connectivity index (χ0n) is 5.94. The highest BCUT2D eigenvalue weighted by Gasteiger charge is 1.83. The molecule has 0 bridgehead atoms. The van der Waals surface area contributed by atoms with Gasteiger partial charge in [0.2, 0.25) is 0 Å². The molecule has 0 atom stereocenters. The van der Waals surface area contributed by atoms with Crippen LogP contribution in [0.3, 0.4) is 0 Å². The molecule has 0 aliphatic carbocycles. The van der Waals surface area contributed by atoms with Crippen molar-refractivity contribution in [1.82, 2.24) is 0 Å². The van der Waals surface area contributed by atoms with Crippen LogP contribution in [0.15, 0.2) is 0 Å². The van der Waals surface area contributed by atoms with Crippen molar-refractivity contribution in [3.05, 3.63) is 0 Å². The molecular formula is C6H15BS. The maximum absolute atomic E-state index is 2.25. The van der Waals surface area contributed by atoms with Crippen LogP contribution >= 0.6 is 11.6 Å². The molecule has 0 unspecified atom stereocenters. The standard InChI is InChI=1S/C6H15BS/c1-2-3-4-5-6-8-7/h2-7H2,1H3. The van der Waals surface area contributed by atoms with Crippen molar-refractivity contribution < 1.29 is 0 Å². The van der Waals surface area contributed by atoms with Gasteiger partial charge in [-0.2, -0.15) is 0 Å². The first-order valence-electron chi connectivity index (χ1n) is 3.40. The number of hydrogen-bond acceptors (Lipinski definition) is 1. The largest absolute Gasteiger partial charge is 0.220 e. The van der Waals surface area contributed by atoms with E-state index in [-0.39, 0.29) is 0 Å². The van der Waals surface area contributed by atoms with Gasteiger partial charge in [0.1, 0.15) is 0 Å². The number of unbranched alkanes of at least 4 members (excludes halogenated alkanes) is 3. The van der Waals surface area contributed by atoms with Crippen molar-refractivity contribution >= 4 is 18.7 Å². The molecule has 2 heteroatoms. The Labute approximate surface area is 57.7 Å². The molecular weight excluding hydrogens is 115 g/mol. The second-order valence-corrected chi connectivity index (χ2v) is 3.04. The Hall–Kier alpha value is 0.415. The van der Waals surface area contributed by atoms with E-state index in [2.05, 4.69) is 14.0 Å². The van der Waals surface area contributed by atoms with Crippen molar-refractivity contribution in [2.45, 2.75) is 32.6 Å². The van der Waals surface area contributed by atoms with Gasteiger partial charge in [-0.25, -0.2) is 11.6 Å². The first-order chi connectivity index (χ1) is 3.91. The van der Waals surface area contributed by atoms with E-state index >= 15 is 0 Å². The molecule has 0 aromatic heterocycles. The molecule has 0 heterocycles. The highest BCUT2D eigenvalue weighted by molar-refractivity contribution is 8.19. The molecule has 0 aromatic carbocycles. The molecule has 0 N–H and O–H groups in total. The van der Waals surface area contributed by atoms with Crippen LogP contribution in [0.1, 0.15) is 32.6 Å². The van der Waals surface area contributed by atoms with Gasteiger partial charge < -0.3 is 0 Å². The van der Waals surface area contributed by atoms with Gasteiger partial charge in [0.15, 0.2) is 7.12 Å². The molecule has 0 fully saturated rings. The van der Waals surface area contributed by atoms with Crippen LogP contribution in [0.5, 0.6) is 0 Å². The van der Waals surface area contributed by atoms with Crippen LogP contribution in [0.2, 0.25) is 0 Å². The first-order valence-corrected chi connectivity index (χ1v) is 4.80. The minimum atomic E-state index is 1.35. The molecule has 0 aliphatic heterocycles. The normalized spacial score (nSPS) is 9.62. The fourth-order valence-electron chi connectivity index (χ4n) is 0.673. The summed E-state index contributed by atoms with van der Waals surface area (Å²) in [4.78, 5) is 0. The summed E-state index contributed by atoms with van der Waals surface area (Å²) >= 11 is 1.95. The lowest BCUT2D eigenvalue weighted by molar-refractivity contribution is 0.707. The van der Waals surface area contributed by atoms with Crippen LogP contribution < -0.4 is 0 Å². The highest BCUT2D eigenvalue weighted by Crippen LogP contribution is 2.02. The molecule has 0 amide bonds. The Morgan fingerprint density at radius 2 is 2.00 bits per heavy atom. The zero-order valence-corrected chi connectivity index (χ0v) is 6.76. The van der Waals surface area contributed by atoms with E-state index in [0.717, 1.165) is 0 Å². The van der Waals surface area contributed by atoms with Gasteiger partial charge in [-0.3, -0.25) is 0 Å². The first kappa shape index (κ1) is 8.41. The van der Waals surface area contributed by atoms with Gasteiger partial charge in [0.25, 0.3) is 0 Å². The fraction of sp³-hybridized carbons (Fsp3) is 1.00. The van der Waals surface area contributed by atoms with Crippen molar-refractivity contribution in [3.8, 4) is 0 Å². The van der Waals surface area contributed by atoms with Crippen LogP contribution in [-0.2, 0) is 0 Å². The third-order valence-corrected chi connectivity index (χ3v) is 1.90. The van der Waals surface area contributed by atoms with E-state index in [0.29, 0.717) is 0 Å². The van der Waals surface area contributed by atoms with Gasteiger partial charge >= 0.3 is 0 Å². The van der Waals surface area contributed by atoms with Crippen molar-refractivity contribution in [2.75, 3.05) is 5.75 Å². The zero-order chi connectivity index (χ0) is 6.24. The molecule has 0 aromatic rings. The summed E-state index contributed by atoms with van der Waals surface area (Å²) in [6.07, 6.45) is 5.61. The molecule has 0 saturated carbocycles. The predicted molar refractivity (Wildman–Crippen MR) is 45.1 cm³/mol. The second-order valence-electron chi connectivity index (χ2n) is 2.05. The quantitative estimate of drug-likeness (QED) is 0.404. The third-order valence-electron chi connectivity index (χ3n) is 1.20. The SMILES string of the molecule is BSCCCCCC. The van der Waals surface area contributed by atoms with Gasteiger partial charge in [-0.15, -0.1) is 0 Å². The third kappa shape index (κ3) is 6.41. The van der Waals surface area contributed by atoms with Crippen LogP contribution in [-0.4, -0.2) is 12.9 Å². The summed E-state index contributed by atoms with van der Waals surface area (Å²) in [7, 11) is 2.17. The van der Waals surface area contributed by atoms with Gasteiger partial charge in [0, 0.05) is 0 Å². The lowest BCUT2D eigenvalue weighted by Gasteiger charge is -1.94. The molecule has 0 rings (SSSR count). The fourth-order valence-corrected chi connectivity index (χ4v) is 1.17. The lowest BCUT2D eigenvalue weighted by Crippen LogP contribution is -1.78. The highest BCUT2D eigenvalue weighted by atomic mass is 32.2. The average molecular weight is 130 g/mol. The molecule has 0 aliphatic rings. The molecule has 8 heavy (non-hydrogen) atoms. The van der Waals surface area contributed by atoms with E-state index in [4.69, 9.17) is 0 Å². The van der Waals surface area contributed by atoms with Gasteiger partial charge in [-0.05, 0) is 12.2 Å². The smallest absolute Gasteiger partial charge is 0.173 e. The Balaban J connectivity index is 2.53. The van der Waals surface area contributed by atoms with Crippen molar-refractivity contribution in [2.24, 2.45) is 0 Å². The summed E-state index contributed by atoms with van der Waals surface area (Å²) in [6.45, 7) is 2.25. The van der Waals surface area contributed by atoms with Gasteiger partial charge in [-0.1, -0.05) is 26.2 Å². The van der Waals surface area contributed by atoms with Gasteiger partial charge in [0.05, 0.1) is 0 Å². The average Bonchev–Trinajstić information content (AvgIpc) is 1.81. The Kier molecular flexibility index (Phi) is 7.80. The van der Waals surface area contributed by atoms with Crippen LogP contribution in [0.4, 0.5) is 0 Å². The van der Waals surface area contributed by atoms with Crippen LogP contribution in [0.25, 0.3) is 0 Å². The van der Waals surface area contributed by atoms with Crippen LogP contribution in [0, 0.1) is 0 Å². The second kappa shape index (κ2) is 7.41. The Bertz CT molecular complexity index is 33.5. The number of rotatable bonds is 5. The predicted octanol–water partition coefficient (Wildman–Crippen LogP) is 1.85. The molecule has 48 valence electrons. The Morgan fingerprint density at radius 1 is 1.25 bits per heavy atom.